The van der Waals surface area contributed by atoms with Crippen LogP contribution in [0.4, 0.5) is 0 Å². The number of nitrogens with zero attached hydrogens (tertiary/aromatic N) is 2. The molecule has 0 radical (unpaired) electrons. The fraction of sp³-hybridized carbons (Fsp3) is 1.00. The summed E-state index contributed by atoms with van der Waals surface area (Å²) < 4.78 is 1.91. The van der Waals surface area contributed by atoms with Gasteiger partial charge in [-0.3, -0.25) is 0 Å². The van der Waals surface area contributed by atoms with Crippen LogP contribution in [0.15, 0.2) is 0 Å². The van der Waals surface area contributed by atoms with Crippen LogP contribution in [0.2, 0.25) is 0 Å². The lowest BCUT2D eigenvalue weighted by Crippen LogP contribution is -2.53. The average Bonchev–Trinajstić information content (AvgIpc) is 2.88. The first-order chi connectivity index (χ1) is 19.2. The predicted octanol–water partition coefficient (Wildman–Crippen LogP) is 10.7. The van der Waals surface area contributed by atoms with Gasteiger partial charge >= 0.3 is 0 Å². The molecule has 0 aromatic carbocycles. The van der Waals surface area contributed by atoms with Crippen molar-refractivity contribution in [1.29, 1.82) is 0 Å². The Bertz CT molecular complexity index is 460. The van der Waals surface area contributed by atoms with Gasteiger partial charge < -0.3 is 14.1 Å². The van der Waals surface area contributed by atoms with Gasteiger partial charge in [0, 0.05) is 0 Å². The minimum Gasteiger partial charge on any atom is -0.382 e. The highest BCUT2D eigenvalue weighted by atomic mass is 16.3. The lowest BCUT2D eigenvalue weighted by Gasteiger charge is -2.36. The number of hydrogen-bond acceptors (Lipinski definition) is 1. The number of aliphatic hydroxyl groups is 1. The second-order valence-corrected chi connectivity index (χ2v) is 14.8. The van der Waals surface area contributed by atoms with Gasteiger partial charge in [0.25, 0.3) is 0 Å². The molecule has 0 atom stereocenters. The zero-order valence-corrected chi connectivity index (χ0v) is 29.1. The Labute approximate surface area is 255 Å². The normalized spacial score (nSPS) is 12.6. The number of quaternary nitrogens is 2. The molecule has 1 N–H and O–H groups in total. The van der Waals surface area contributed by atoms with Crippen LogP contribution >= 0.6 is 0 Å². The molecule has 40 heavy (non-hydrogen) atoms. The maximum Gasteiger partial charge on any atom is 0.152 e. The van der Waals surface area contributed by atoms with Crippen molar-refractivity contribution >= 4 is 0 Å². The Balaban J connectivity index is 3.68. The second kappa shape index (κ2) is 27.7. The third kappa shape index (κ3) is 29.4. The van der Waals surface area contributed by atoms with Crippen LogP contribution in [0.1, 0.15) is 181 Å². The van der Waals surface area contributed by atoms with Crippen molar-refractivity contribution in [1.82, 2.24) is 0 Å². The van der Waals surface area contributed by atoms with Crippen LogP contribution in [0.5, 0.6) is 0 Å². The van der Waals surface area contributed by atoms with E-state index in [1.54, 1.807) is 0 Å². The first-order valence-corrected chi connectivity index (χ1v) is 18.5. The molecule has 0 saturated carbocycles. The zero-order chi connectivity index (χ0) is 29.8. The molecular formula is C37H80N2O+2. The molecule has 3 heteroatoms. The van der Waals surface area contributed by atoms with Crippen molar-refractivity contribution < 1.29 is 14.1 Å². The molecule has 0 aliphatic rings. The molecule has 0 aliphatic heterocycles. The molecular weight excluding hydrogens is 488 g/mol. The van der Waals surface area contributed by atoms with Gasteiger partial charge in [0.1, 0.15) is 13.1 Å². The molecule has 0 heterocycles. The van der Waals surface area contributed by atoms with E-state index in [2.05, 4.69) is 42.0 Å². The molecule has 3 nitrogen and oxygen atoms in total. The smallest absolute Gasteiger partial charge is 0.152 e. The molecule has 0 rings (SSSR count). The van der Waals surface area contributed by atoms with E-state index in [9.17, 15) is 5.11 Å². The molecule has 0 aliphatic carbocycles. The highest BCUT2D eigenvalue weighted by molar-refractivity contribution is 4.56. The summed E-state index contributed by atoms with van der Waals surface area (Å²) in [5.74, 6) is 0. The molecule has 0 bridgehead atoms. The maximum absolute atomic E-state index is 10.9. The van der Waals surface area contributed by atoms with E-state index in [0.717, 1.165) is 22.1 Å². The summed E-state index contributed by atoms with van der Waals surface area (Å²) >= 11 is 0. The lowest BCUT2D eigenvalue weighted by molar-refractivity contribution is -0.914. The SMILES string of the molecule is CCCCCCCCCCCCCCC[N+](C)(C)CC(O)C[N+](C)(C)CCCCCCCCCCCCCCC. The van der Waals surface area contributed by atoms with E-state index in [-0.39, 0.29) is 6.10 Å². The van der Waals surface area contributed by atoms with Gasteiger partial charge in [-0.15, -0.1) is 0 Å². The third-order valence-electron chi connectivity index (χ3n) is 9.14. The van der Waals surface area contributed by atoms with E-state index in [4.69, 9.17) is 0 Å². The van der Waals surface area contributed by atoms with Gasteiger partial charge in [-0.05, 0) is 25.7 Å². The number of aliphatic hydroxyl groups excluding tert-OH is 1. The van der Waals surface area contributed by atoms with Crippen molar-refractivity contribution in [2.24, 2.45) is 0 Å². The fourth-order valence-electron chi connectivity index (χ4n) is 6.50. The van der Waals surface area contributed by atoms with Crippen LogP contribution in [0, 0.1) is 0 Å². The summed E-state index contributed by atoms with van der Waals surface area (Å²) in [6.07, 6.45) is 36.5. The van der Waals surface area contributed by atoms with Crippen molar-refractivity contribution in [2.75, 3.05) is 54.4 Å². The molecule has 0 aromatic rings. The van der Waals surface area contributed by atoms with Gasteiger partial charge in [-0.25, -0.2) is 0 Å². The summed E-state index contributed by atoms with van der Waals surface area (Å²) in [5, 5.41) is 10.9. The maximum atomic E-state index is 10.9. The standard InChI is InChI=1S/C37H80N2O/c1-7-9-11-13-15-17-19-21-23-25-27-29-31-33-38(3,4)35-37(40)36-39(5,6)34-32-30-28-26-24-22-20-18-16-14-12-10-8-2/h37,40H,7-36H2,1-6H3/q+2. The van der Waals surface area contributed by atoms with Gasteiger partial charge in [-0.1, -0.05) is 155 Å². The lowest BCUT2D eigenvalue weighted by atomic mass is 10.0. The number of unbranched alkanes of at least 4 members (excludes halogenated alkanes) is 24. The monoisotopic (exact) mass is 569 g/mol. The van der Waals surface area contributed by atoms with Gasteiger partial charge in [-0.2, -0.15) is 0 Å². The molecule has 242 valence electrons. The topological polar surface area (TPSA) is 20.2 Å². The first kappa shape index (κ1) is 39.9. The third-order valence-corrected chi connectivity index (χ3v) is 9.14. The van der Waals surface area contributed by atoms with E-state index in [1.807, 2.05) is 0 Å². The highest BCUT2D eigenvalue weighted by Crippen LogP contribution is 2.15. The Hall–Kier alpha value is -0.120. The fourth-order valence-corrected chi connectivity index (χ4v) is 6.50. The molecule has 0 amide bonds. The highest BCUT2D eigenvalue weighted by Gasteiger charge is 2.26. The van der Waals surface area contributed by atoms with Gasteiger partial charge in [0.15, 0.2) is 6.10 Å². The minimum atomic E-state index is -0.200. The summed E-state index contributed by atoms with van der Waals surface area (Å²) in [6, 6.07) is 0. The Morgan fingerprint density at radius 2 is 0.550 bits per heavy atom. The van der Waals surface area contributed by atoms with Crippen molar-refractivity contribution in [3.8, 4) is 0 Å². The minimum absolute atomic E-state index is 0.200. The second-order valence-electron chi connectivity index (χ2n) is 14.8. The molecule has 0 saturated heterocycles. The Morgan fingerprint density at radius 3 is 0.775 bits per heavy atom. The molecule has 0 fully saturated rings. The summed E-state index contributed by atoms with van der Waals surface area (Å²) in [6.45, 7) is 8.76. The van der Waals surface area contributed by atoms with Crippen LogP contribution in [-0.2, 0) is 0 Å². The van der Waals surface area contributed by atoms with E-state index < -0.39 is 0 Å². The molecule has 0 spiro atoms. The molecule has 0 aromatic heterocycles. The van der Waals surface area contributed by atoms with Crippen molar-refractivity contribution in [3.05, 3.63) is 0 Å². The summed E-state index contributed by atoms with van der Waals surface area (Å²) in [7, 11) is 9.26. The predicted molar refractivity (Wildman–Crippen MR) is 181 cm³/mol. The van der Waals surface area contributed by atoms with E-state index in [1.165, 1.54) is 180 Å². The van der Waals surface area contributed by atoms with E-state index >= 15 is 0 Å². The van der Waals surface area contributed by atoms with Crippen molar-refractivity contribution in [2.45, 2.75) is 187 Å². The largest absolute Gasteiger partial charge is 0.382 e. The Morgan fingerprint density at radius 1 is 0.350 bits per heavy atom. The van der Waals surface area contributed by atoms with Gasteiger partial charge in [0.05, 0.1) is 41.3 Å². The zero-order valence-electron chi connectivity index (χ0n) is 29.1. The Kier molecular flexibility index (Phi) is 27.6. The average molecular weight is 569 g/mol. The van der Waals surface area contributed by atoms with Crippen molar-refractivity contribution in [3.63, 3.8) is 0 Å². The number of hydrogen-bond donors (Lipinski definition) is 1. The van der Waals surface area contributed by atoms with Crippen LogP contribution in [-0.4, -0.2) is 74.5 Å². The van der Waals surface area contributed by atoms with Crippen LogP contribution in [0.3, 0.4) is 0 Å². The van der Waals surface area contributed by atoms with Crippen LogP contribution < -0.4 is 0 Å². The van der Waals surface area contributed by atoms with E-state index in [0.29, 0.717) is 0 Å². The first-order valence-electron chi connectivity index (χ1n) is 18.5. The summed E-state index contributed by atoms with van der Waals surface area (Å²) in [5.41, 5.74) is 0. The number of likely N-dealkylation sites (N-methyl/N-ethyl adjacent to an activating group) is 2. The molecule has 0 unspecified atom stereocenters. The van der Waals surface area contributed by atoms with Gasteiger partial charge in [0.2, 0.25) is 0 Å². The summed E-state index contributed by atoms with van der Waals surface area (Å²) in [4.78, 5) is 0. The quantitative estimate of drug-likeness (QED) is 0.0632. The van der Waals surface area contributed by atoms with Crippen LogP contribution in [0.25, 0.3) is 0 Å². The number of rotatable bonds is 32.